The number of anilines is 1. The fourth-order valence-corrected chi connectivity index (χ4v) is 2.94. The highest BCUT2D eigenvalue weighted by Crippen LogP contribution is 2.29. The average molecular weight is 297 g/mol. The topological polar surface area (TPSA) is 55.2 Å². The minimum absolute atomic E-state index is 0.133. The van der Waals surface area contributed by atoms with Crippen LogP contribution in [0.1, 0.15) is 35.4 Å². The van der Waals surface area contributed by atoms with Crippen LogP contribution in [0.4, 0.5) is 5.69 Å². The Bertz CT molecular complexity index is 745. The maximum Gasteiger partial charge on any atom is 0.234 e. The first kappa shape index (κ1) is 14.5. The summed E-state index contributed by atoms with van der Waals surface area (Å²) in [5, 5.41) is 4.53. The number of rotatable bonds is 3. The van der Waals surface area contributed by atoms with Crippen LogP contribution < -0.4 is 4.90 Å². The van der Waals surface area contributed by atoms with Gasteiger partial charge in [-0.3, -0.25) is 14.3 Å². The fourth-order valence-electron chi connectivity index (χ4n) is 2.94. The molecule has 0 bridgehead atoms. The first-order valence-corrected chi connectivity index (χ1v) is 7.43. The lowest BCUT2D eigenvalue weighted by Gasteiger charge is -2.14. The Morgan fingerprint density at radius 1 is 1.05 bits per heavy atom. The van der Waals surface area contributed by atoms with E-state index in [1.54, 1.807) is 0 Å². The van der Waals surface area contributed by atoms with E-state index in [1.807, 2.05) is 30.7 Å². The molecule has 1 aliphatic rings. The predicted molar refractivity (Wildman–Crippen MR) is 83.7 cm³/mol. The van der Waals surface area contributed by atoms with Gasteiger partial charge < -0.3 is 0 Å². The third-order valence-electron chi connectivity index (χ3n) is 4.20. The zero-order valence-corrected chi connectivity index (χ0v) is 13.1. The highest BCUT2D eigenvalue weighted by Gasteiger charge is 2.34. The number of carbonyl (C=O) groups excluding carboxylic acids is 2. The van der Waals surface area contributed by atoms with Crippen LogP contribution in [0.25, 0.3) is 0 Å². The summed E-state index contributed by atoms with van der Waals surface area (Å²) in [5.41, 5.74) is 4.60. The van der Waals surface area contributed by atoms with Gasteiger partial charge >= 0.3 is 0 Å². The quantitative estimate of drug-likeness (QED) is 0.818. The third kappa shape index (κ3) is 2.32. The summed E-state index contributed by atoms with van der Waals surface area (Å²) < 4.78 is 1.87. The predicted octanol–water partition coefficient (Wildman–Crippen LogP) is 2.51. The molecular weight excluding hydrogens is 278 g/mol. The van der Waals surface area contributed by atoms with Crippen molar-refractivity contribution in [2.45, 2.75) is 40.2 Å². The van der Waals surface area contributed by atoms with E-state index in [0.29, 0.717) is 25.1 Å². The Hall–Kier alpha value is -2.43. The summed E-state index contributed by atoms with van der Waals surface area (Å²) in [6.45, 7) is 6.45. The van der Waals surface area contributed by atoms with Crippen molar-refractivity contribution in [2.24, 2.45) is 0 Å². The second-order valence-corrected chi connectivity index (χ2v) is 5.73. The molecular formula is C17H19N3O2. The minimum Gasteiger partial charge on any atom is -0.274 e. The summed E-state index contributed by atoms with van der Waals surface area (Å²) in [4.78, 5) is 25.3. The summed E-state index contributed by atoms with van der Waals surface area (Å²) in [7, 11) is 0. The molecule has 0 radical (unpaired) electrons. The van der Waals surface area contributed by atoms with Gasteiger partial charge in [0, 0.05) is 12.8 Å². The molecule has 2 aromatic rings. The van der Waals surface area contributed by atoms with Crippen molar-refractivity contribution in [1.82, 2.24) is 9.78 Å². The Morgan fingerprint density at radius 3 is 2.32 bits per heavy atom. The van der Waals surface area contributed by atoms with Gasteiger partial charge in [-0.15, -0.1) is 0 Å². The third-order valence-corrected chi connectivity index (χ3v) is 4.20. The second kappa shape index (κ2) is 5.40. The normalized spacial score (nSPS) is 15.0. The first-order chi connectivity index (χ1) is 10.5. The molecule has 1 aliphatic heterocycles. The summed E-state index contributed by atoms with van der Waals surface area (Å²) in [5.74, 6) is -0.265. The van der Waals surface area contributed by atoms with Gasteiger partial charge in [-0.1, -0.05) is 24.3 Å². The Balaban J connectivity index is 1.99. The van der Waals surface area contributed by atoms with Crippen molar-refractivity contribution in [3.63, 3.8) is 0 Å². The lowest BCUT2D eigenvalue weighted by atomic mass is 10.1. The number of nitrogens with zero attached hydrogens (tertiary/aromatic N) is 3. The molecule has 5 nitrogen and oxygen atoms in total. The number of hydrogen-bond donors (Lipinski definition) is 0. The average Bonchev–Trinajstić information content (AvgIpc) is 2.94. The van der Waals surface area contributed by atoms with Crippen LogP contribution in [0.3, 0.4) is 0 Å². The number of imide groups is 1. The molecule has 114 valence electrons. The molecule has 1 aromatic carbocycles. The lowest BCUT2D eigenvalue weighted by molar-refractivity contribution is -0.121. The second-order valence-electron chi connectivity index (χ2n) is 5.73. The van der Waals surface area contributed by atoms with Gasteiger partial charge in [0.1, 0.15) is 0 Å². The van der Waals surface area contributed by atoms with Crippen LogP contribution in [0.5, 0.6) is 0 Å². The Morgan fingerprint density at radius 2 is 1.68 bits per heavy atom. The Labute approximate surface area is 129 Å². The molecule has 0 spiro atoms. The SMILES string of the molecule is Cc1ccccc1Cn1nc(C)c(N2C(=O)CCC2=O)c1C. The van der Waals surface area contributed by atoms with Gasteiger partial charge in [-0.05, 0) is 31.9 Å². The molecule has 1 saturated heterocycles. The number of aromatic nitrogens is 2. The van der Waals surface area contributed by atoms with E-state index in [1.165, 1.54) is 16.0 Å². The van der Waals surface area contributed by atoms with Gasteiger partial charge in [-0.2, -0.15) is 5.10 Å². The standard InChI is InChI=1S/C17H19N3O2/c1-11-6-4-5-7-14(11)10-19-13(3)17(12(2)18-19)20-15(21)8-9-16(20)22/h4-7H,8-10H2,1-3H3. The molecule has 0 atom stereocenters. The van der Waals surface area contributed by atoms with E-state index in [0.717, 1.165) is 11.4 Å². The van der Waals surface area contributed by atoms with Crippen molar-refractivity contribution in [3.8, 4) is 0 Å². The van der Waals surface area contributed by atoms with Crippen LogP contribution >= 0.6 is 0 Å². The fraction of sp³-hybridized carbons (Fsp3) is 0.353. The minimum atomic E-state index is -0.133. The number of benzene rings is 1. The van der Waals surface area contributed by atoms with Crippen LogP contribution in [0.15, 0.2) is 24.3 Å². The van der Waals surface area contributed by atoms with Crippen molar-refractivity contribution in [2.75, 3.05) is 4.90 Å². The zero-order valence-electron chi connectivity index (χ0n) is 13.1. The van der Waals surface area contributed by atoms with Gasteiger partial charge in [0.25, 0.3) is 0 Å². The molecule has 0 N–H and O–H groups in total. The van der Waals surface area contributed by atoms with Crippen molar-refractivity contribution < 1.29 is 9.59 Å². The Kier molecular flexibility index (Phi) is 3.56. The van der Waals surface area contributed by atoms with Crippen LogP contribution in [0.2, 0.25) is 0 Å². The number of hydrogen-bond acceptors (Lipinski definition) is 3. The maximum atomic E-state index is 12.0. The molecule has 2 heterocycles. The van der Waals surface area contributed by atoms with Gasteiger partial charge in [0.15, 0.2) is 0 Å². The largest absolute Gasteiger partial charge is 0.274 e. The monoisotopic (exact) mass is 297 g/mol. The number of carbonyl (C=O) groups is 2. The molecule has 0 aliphatic carbocycles. The first-order valence-electron chi connectivity index (χ1n) is 7.43. The number of amides is 2. The van der Waals surface area contributed by atoms with Gasteiger partial charge in [0.2, 0.25) is 11.8 Å². The molecule has 2 amide bonds. The summed E-state index contributed by atoms with van der Waals surface area (Å²) in [6.07, 6.45) is 0.585. The highest BCUT2D eigenvalue weighted by atomic mass is 16.2. The number of aryl methyl sites for hydroxylation is 2. The van der Waals surface area contributed by atoms with E-state index in [2.05, 4.69) is 24.2 Å². The van der Waals surface area contributed by atoms with Crippen molar-refractivity contribution in [1.29, 1.82) is 0 Å². The maximum absolute atomic E-state index is 12.0. The molecule has 5 heteroatoms. The summed E-state index contributed by atoms with van der Waals surface area (Å²) >= 11 is 0. The van der Waals surface area contributed by atoms with Crippen LogP contribution in [-0.4, -0.2) is 21.6 Å². The van der Waals surface area contributed by atoms with E-state index in [4.69, 9.17) is 0 Å². The molecule has 1 aromatic heterocycles. The summed E-state index contributed by atoms with van der Waals surface area (Å²) in [6, 6.07) is 8.14. The van der Waals surface area contributed by atoms with E-state index < -0.39 is 0 Å². The van der Waals surface area contributed by atoms with Crippen LogP contribution in [0, 0.1) is 20.8 Å². The van der Waals surface area contributed by atoms with Crippen LogP contribution in [-0.2, 0) is 16.1 Å². The molecule has 22 heavy (non-hydrogen) atoms. The molecule has 1 fully saturated rings. The smallest absolute Gasteiger partial charge is 0.234 e. The van der Waals surface area contributed by atoms with E-state index in [9.17, 15) is 9.59 Å². The van der Waals surface area contributed by atoms with Crippen molar-refractivity contribution in [3.05, 3.63) is 46.8 Å². The highest BCUT2D eigenvalue weighted by molar-refractivity contribution is 6.20. The van der Waals surface area contributed by atoms with Gasteiger partial charge in [-0.25, -0.2) is 4.90 Å². The van der Waals surface area contributed by atoms with E-state index in [-0.39, 0.29) is 11.8 Å². The zero-order chi connectivity index (χ0) is 15.9. The molecule has 0 unspecified atom stereocenters. The van der Waals surface area contributed by atoms with E-state index >= 15 is 0 Å². The van der Waals surface area contributed by atoms with Crippen molar-refractivity contribution >= 4 is 17.5 Å². The lowest BCUT2D eigenvalue weighted by Crippen LogP contribution is -2.29. The molecule has 0 saturated carbocycles. The van der Waals surface area contributed by atoms with Gasteiger partial charge in [0.05, 0.1) is 23.6 Å². The molecule has 3 rings (SSSR count).